The van der Waals surface area contributed by atoms with Gasteiger partial charge in [0, 0.05) is 16.3 Å². The van der Waals surface area contributed by atoms with Gasteiger partial charge >= 0.3 is 5.97 Å². The summed E-state index contributed by atoms with van der Waals surface area (Å²) in [5.41, 5.74) is 3.94. The molecule has 0 aliphatic heterocycles. The molecule has 0 atom stereocenters. The second kappa shape index (κ2) is 10.5. The van der Waals surface area contributed by atoms with Crippen molar-refractivity contribution in [3.8, 4) is 5.69 Å². The number of aryl methyl sites for hydroxylation is 1. The number of carbonyl (C=O) groups is 1. The lowest BCUT2D eigenvalue weighted by molar-refractivity contribution is 0.0600. The first-order valence-electron chi connectivity index (χ1n) is 10.1. The van der Waals surface area contributed by atoms with Crippen LogP contribution in [-0.4, -0.2) is 27.8 Å². The van der Waals surface area contributed by atoms with E-state index in [-0.39, 0.29) is 5.97 Å². The maximum absolute atomic E-state index is 11.6. The number of esters is 1. The molecule has 0 spiro atoms. The fraction of sp³-hybridized carbons (Fsp3) is 0.160. The lowest BCUT2D eigenvalue weighted by Crippen LogP contribution is -2.02. The molecule has 32 heavy (non-hydrogen) atoms. The van der Waals surface area contributed by atoms with Gasteiger partial charge in [0.25, 0.3) is 0 Å². The standard InChI is InChI=1S/C25H23N3O2S2/c1-18-8-14-22(15-9-18)31-17-23-26-27-25(28(23)21-6-4-3-5-7-21)32-16-19-10-12-20(13-11-19)24(29)30-2/h3-15H,16-17H2,1-2H3. The zero-order chi connectivity index (χ0) is 22.3. The summed E-state index contributed by atoms with van der Waals surface area (Å²) in [5, 5.41) is 9.82. The summed E-state index contributed by atoms with van der Waals surface area (Å²) >= 11 is 3.37. The number of para-hydroxylation sites is 1. The van der Waals surface area contributed by atoms with Gasteiger partial charge in [0.05, 0.1) is 18.4 Å². The van der Waals surface area contributed by atoms with Gasteiger partial charge in [-0.15, -0.1) is 22.0 Å². The van der Waals surface area contributed by atoms with E-state index >= 15 is 0 Å². The lowest BCUT2D eigenvalue weighted by atomic mass is 10.1. The van der Waals surface area contributed by atoms with E-state index in [1.807, 2.05) is 30.3 Å². The van der Waals surface area contributed by atoms with Crippen molar-refractivity contribution in [1.29, 1.82) is 0 Å². The largest absolute Gasteiger partial charge is 0.465 e. The zero-order valence-electron chi connectivity index (χ0n) is 17.9. The summed E-state index contributed by atoms with van der Waals surface area (Å²) in [6.07, 6.45) is 0. The Balaban J connectivity index is 1.52. The molecule has 0 fully saturated rings. The van der Waals surface area contributed by atoms with Gasteiger partial charge in [0.1, 0.15) is 5.82 Å². The number of thioether (sulfide) groups is 2. The third-order valence-corrected chi connectivity index (χ3v) is 6.85. The monoisotopic (exact) mass is 461 g/mol. The van der Waals surface area contributed by atoms with Crippen LogP contribution in [0.5, 0.6) is 0 Å². The van der Waals surface area contributed by atoms with E-state index in [1.165, 1.54) is 17.6 Å². The predicted molar refractivity (Wildman–Crippen MR) is 129 cm³/mol. The summed E-state index contributed by atoms with van der Waals surface area (Å²) < 4.78 is 6.89. The van der Waals surface area contributed by atoms with Crippen LogP contribution in [0.15, 0.2) is 88.9 Å². The van der Waals surface area contributed by atoms with Gasteiger partial charge in [-0.3, -0.25) is 4.57 Å². The molecule has 0 radical (unpaired) electrons. The molecule has 1 aromatic heterocycles. The molecule has 7 heteroatoms. The maximum atomic E-state index is 11.6. The van der Waals surface area contributed by atoms with E-state index in [0.717, 1.165) is 33.7 Å². The molecular weight excluding hydrogens is 438 g/mol. The van der Waals surface area contributed by atoms with E-state index in [9.17, 15) is 4.79 Å². The van der Waals surface area contributed by atoms with Crippen LogP contribution in [0.2, 0.25) is 0 Å². The van der Waals surface area contributed by atoms with Crippen molar-refractivity contribution < 1.29 is 9.53 Å². The van der Waals surface area contributed by atoms with Crippen molar-refractivity contribution in [2.24, 2.45) is 0 Å². The molecule has 0 bridgehead atoms. The molecule has 0 saturated heterocycles. The Morgan fingerprint density at radius 3 is 2.28 bits per heavy atom. The Morgan fingerprint density at radius 2 is 1.59 bits per heavy atom. The van der Waals surface area contributed by atoms with Crippen LogP contribution < -0.4 is 0 Å². The molecule has 0 N–H and O–H groups in total. The van der Waals surface area contributed by atoms with Crippen LogP contribution in [0, 0.1) is 6.92 Å². The average Bonchev–Trinajstić information content (AvgIpc) is 3.25. The van der Waals surface area contributed by atoms with Crippen molar-refractivity contribution in [1.82, 2.24) is 14.8 Å². The molecule has 4 rings (SSSR count). The van der Waals surface area contributed by atoms with Gasteiger partial charge in [0.2, 0.25) is 0 Å². The second-order valence-corrected chi connectivity index (χ2v) is 9.14. The first kappa shape index (κ1) is 22.2. The first-order valence-corrected chi connectivity index (χ1v) is 12.1. The molecular formula is C25H23N3O2S2. The number of ether oxygens (including phenoxy) is 1. The zero-order valence-corrected chi connectivity index (χ0v) is 19.5. The Hall–Kier alpha value is -3.03. The van der Waals surface area contributed by atoms with Crippen LogP contribution in [-0.2, 0) is 16.2 Å². The molecule has 0 amide bonds. The minimum atomic E-state index is -0.330. The highest BCUT2D eigenvalue weighted by Gasteiger charge is 2.15. The fourth-order valence-corrected chi connectivity index (χ4v) is 4.85. The van der Waals surface area contributed by atoms with Gasteiger partial charge in [-0.2, -0.15) is 0 Å². The number of hydrogen-bond acceptors (Lipinski definition) is 6. The summed E-state index contributed by atoms with van der Waals surface area (Å²) in [4.78, 5) is 12.8. The van der Waals surface area contributed by atoms with Crippen LogP contribution in [0.4, 0.5) is 0 Å². The molecule has 0 saturated carbocycles. The van der Waals surface area contributed by atoms with Gasteiger partial charge in [0.15, 0.2) is 5.16 Å². The van der Waals surface area contributed by atoms with E-state index in [2.05, 4.69) is 58.1 Å². The van der Waals surface area contributed by atoms with Crippen LogP contribution in [0.25, 0.3) is 5.69 Å². The summed E-state index contributed by atoms with van der Waals surface area (Å²) in [6.45, 7) is 2.09. The molecule has 3 aromatic carbocycles. The number of nitrogens with zero attached hydrogens (tertiary/aromatic N) is 3. The average molecular weight is 462 g/mol. The number of rotatable bonds is 8. The minimum Gasteiger partial charge on any atom is -0.465 e. The normalized spacial score (nSPS) is 10.8. The van der Waals surface area contributed by atoms with E-state index in [0.29, 0.717) is 5.56 Å². The lowest BCUT2D eigenvalue weighted by Gasteiger charge is -2.10. The summed E-state index contributed by atoms with van der Waals surface area (Å²) in [7, 11) is 1.39. The molecule has 1 heterocycles. The highest BCUT2D eigenvalue weighted by Crippen LogP contribution is 2.29. The number of benzene rings is 3. The highest BCUT2D eigenvalue weighted by molar-refractivity contribution is 7.98. The van der Waals surface area contributed by atoms with Crippen molar-refractivity contribution in [3.63, 3.8) is 0 Å². The molecule has 0 unspecified atom stereocenters. The second-order valence-electron chi connectivity index (χ2n) is 7.15. The number of aromatic nitrogens is 3. The van der Waals surface area contributed by atoms with Crippen molar-refractivity contribution in [2.45, 2.75) is 28.5 Å². The summed E-state index contributed by atoms with van der Waals surface area (Å²) in [6, 6.07) is 26.1. The Morgan fingerprint density at radius 1 is 0.875 bits per heavy atom. The van der Waals surface area contributed by atoms with Gasteiger partial charge in [-0.1, -0.05) is 59.8 Å². The maximum Gasteiger partial charge on any atom is 0.337 e. The Kier molecular flexibility index (Phi) is 7.29. The topological polar surface area (TPSA) is 57.0 Å². The van der Waals surface area contributed by atoms with Crippen molar-refractivity contribution in [3.05, 3.63) is 101 Å². The number of carbonyl (C=O) groups excluding carboxylic acids is 1. The molecule has 5 nitrogen and oxygen atoms in total. The molecule has 0 aliphatic carbocycles. The Bertz CT molecular complexity index is 1170. The van der Waals surface area contributed by atoms with Gasteiger partial charge in [-0.25, -0.2) is 4.79 Å². The smallest absolute Gasteiger partial charge is 0.337 e. The molecule has 0 aliphatic rings. The fourth-order valence-electron chi connectivity index (χ4n) is 3.11. The van der Waals surface area contributed by atoms with Crippen LogP contribution in [0.3, 0.4) is 0 Å². The molecule has 162 valence electrons. The van der Waals surface area contributed by atoms with Crippen molar-refractivity contribution in [2.75, 3.05) is 7.11 Å². The Labute approximate surface area is 196 Å². The third-order valence-electron chi connectivity index (χ3n) is 4.85. The predicted octanol–water partition coefficient (Wildman–Crippen LogP) is 5.95. The number of methoxy groups -OCH3 is 1. The first-order chi connectivity index (χ1) is 15.6. The minimum absolute atomic E-state index is 0.330. The van der Waals surface area contributed by atoms with Gasteiger partial charge in [-0.05, 0) is 48.9 Å². The van der Waals surface area contributed by atoms with E-state index < -0.39 is 0 Å². The van der Waals surface area contributed by atoms with E-state index in [4.69, 9.17) is 4.74 Å². The highest BCUT2D eigenvalue weighted by atomic mass is 32.2. The van der Waals surface area contributed by atoms with Gasteiger partial charge < -0.3 is 4.74 Å². The number of hydrogen-bond donors (Lipinski definition) is 0. The van der Waals surface area contributed by atoms with E-state index in [1.54, 1.807) is 35.7 Å². The van der Waals surface area contributed by atoms with Crippen LogP contribution >= 0.6 is 23.5 Å². The quantitative estimate of drug-likeness (QED) is 0.239. The molecule has 4 aromatic rings. The summed E-state index contributed by atoms with van der Waals surface area (Å²) in [5.74, 6) is 2.02. The van der Waals surface area contributed by atoms with Crippen LogP contribution in [0.1, 0.15) is 27.3 Å². The SMILES string of the molecule is COC(=O)c1ccc(CSc2nnc(CSc3ccc(C)cc3)n2-c2ccccc2)cc1. The van der Waals surface area contributed by atoms with Crippen molar-refractivity contribution >= 4 is 29.5 Å². The third kappa shape index (κ3) is 5.41.